The summed E-state index contributed by atoms with van der Waals surface area (Å²) in [5.41, 5.74) is 0. The predicted octanol–water partition coefficient (Wildman–Crippen LogP) is -0.279. The van der Waals surface area contributed by atoms with Crippen molar-refractivity contribution in [3.8, 4) is 0 Å². The SMILES string of the molecule is C=CC(ON)N1CCOCC1. The van der Waals surface area contributed by atoms with Crippen molar-refractivity contribution in [1.29, 1.82) is 0 Å². The largest absolute Gasteiger partial charge is 0.379 e. The summed E-state index contributed by atoms with van der Waals surface area (Å²) in [6, 6.07) is 0. The Labute approximate surface area is 66.5 Å². The Morgan fingerprint density at radius 2 is 2.18 bits per heavy atom. The third-order valence-corrected chi connectivity index (χ3v) is 1.75. The van der Waals surface area contributed by atoms with Crippen LogP contribution in [-0.2, 0) is 9.57 Å². The molecule has 0 amide bonds. The van der Waals surface area contributed by atoms with Gasteiger partial charge in [-0.25, -0.2) is 5.90 Å². The molecule has 64 valence electrons. The highest BCUT2D eigenvalue weighted by Gasteiger charge is 2.17. The van der Waals surface area contributed by atoms with Crippen LogP contribution >= 0.6 is 0 Å². The van der Waals surface area contributed by atoms with Gasteiger partial charge >= 0.3 is 0 Å². The lowest BCUT2D eigenvalue weighted by Gasteiger charge is -2.30. The van der Waals surface area contributed by atoms with E-state index in [1.807, 2.05) is 0 Å². The second-order valence-corrected chi connectivity index (χ2v) is 2.41. The Bertz CT molecular complexity index is 124. The van der Waals surface area contributed by atoms with Crippen molar-refractivity contribution in [3.63, 3.8) is 0 Å². The van der Waals surface area contributed by atoms with Crippen LogP contribution in [0.25, 0.3) is 0 Å². The number of nitrogens with two attached hydrogens (primary N) is 1. The first-order chi connectivity index (χ1) is 5.38. The molecule has 0 bridgehead atoms. The molecule has 1 unspecified atom stereocenters. The van der Waals surface area contributed by atoms with Crippen molar-refractivity contribution in [2.24, 2.45) is 5.90 Å². The van der Waals surface area contributed by atoms with Gasteiger partial charge in [0, 0.05) is 13.1 Å². The summed E-state index contributed by atoms with van der Waals surface area (Å²) >= 11 is 0. The van der Waals surface area contributed by atoms with Crippen molar-refractivity contribution < 1.29 is 9.57 Å². The second-order valence-electron chi connectivity index (χ2n) is 2.41. The number of ether oxygens (including phenoxy) is 1. The molecule has 1 aliphatic heterocycles. The van der Waals surface area contributed by atoms with Crippen LogP contribution in [-0.4, -0.2) is 37.4 Å². The van der Waals surface area contributed by atoms with E-state index >= 15 is 0 Å². The Morgan fingerprint density at radius 3 is 2.64 bits per heavy atom. The van der Waals surface area contributed by atoms with Gasteiger partial charge in [-0.05, 0) is 6.08 Å². The number of rotatable bonds is 3. The third-order valence-electron chi connectivity index (χ3n) is 1.75. The zero-order chi connectivity index (χ0) is 8.10. The minimum Gasteiger partial charge on any atom is -0.379 e. The van der Waals surface area contributed by atoms with Crippen LogP contribution in [0.15, 0.2) is 12.7 Å². The molecule has 0 aliphatic carbocycles. The van der Waals surface area contributed by atoms with Crippen LogP contribution in [0.1, 0.15) is 0 Å². The molecule has 1 heterocycles. The van der Waals surface area contributed by atoms with Gasteiger partial charge in [0.1, 0.15) is 6.23 Å². The normalized spacial score (nSPS) is 23.0. The van der Waals surface area contributed by atoms with Gasteiger partial charge in [-0.2, -0.15) is 0 Å². The van der Waals surface area contributed by atoms with Crippen LogP contribution in [0, 0.1) is 0 Å². The molecule has 0 radical (unpaired) electrons. The van der Waals surface area contributed by atoms with Gasteiger partial charge in [0.2, 0.25) is 0 Å². The Hall–Kier alpha value is -0.420. The molecule has 1 aliphatic rings. The topological polar surface area (TPSA) is 47.7 Å². The van der Waals surface area contributed by atoms with E-state index in [9.17, 15) is 0 Å². The zero-order valence-electron chi connectivity index (χ0n) is 6.53. The van der Waals surface area contributed by atoms with Gasteiger partial charge in [0.15, 0.2) is 0 Å². The summed E-state index contributed by atoms with van der Waals surface area (Å²) < 4.78 is 5.17. The van der Waals surface area contributed by atoms with E-state index < -0.39 is 0 Å². The number of hydrogen-bond donors (Lipinski definition) is 1. The summed E-state index contributed by atoms with van der Waals surface area (Å²) in [5.74, 6) is 5.06. The quantitative estimate of drug-likeness (QED) is 0.453. The van der Waals surface area contributed by atoms with Crippen molar-refractivity contribution in [2.45, 2.75) is 6.23 Å². The predicted molar refractivity (Wildman–Crippen MR) is 41.6 cm³/mol. The second kappa shape index (κ2) is 4.46. The fourth-order valence-electron chi connectivity index (χ4n) is 1.12. The number of morpholine rings is 1. The highest BCUT2D eigenvalue weighted by molar-refractivity contribution is 4.81. The fourth-order valence-corrected chi connectivity index (χ4v) is 1.12. The van der Waals surface area contributed by atoms with Gasteiger partial charge in [0.05, 0.1) is 13.2 Å². The maximum Gasteiger partial charge on any atom is 0.150 e. The maximum absolute atomic E-state index is 5.17. The van der Waals surface area contributed by atoms with Gasteiger partial charge < -0.3 is 4.74 Å². The Morgan fingerprint density at radius 1 is 1.55 bits per heavy atom. The maximum atomic E-state index is 5.17. The van der Waals surface area contributed by atoms with Gasteiger partial charge in [-0.1, -0.05) is 6.58 Å². The molecular formula is C7H14N2O2. The molecule has 4 nitrogen and oxygen atoms in total. The molecule has 11 heavy (non-hydrogen) atoms. The summed E-state index contributed by atoms with van der Waals surface area (Å²) in [7, 11) is 0. The summed E-state index contributed by atoms with van der Waals surface area (Å²) in [5, 5.41) is 0. The average Bonchev–Trinajstić information content (AvgIpc) is 2.09. The lowest BCUT2D eigenvalue weighted by Crippen LogP contribution is -2.44. The van der Waals surface area contributed by atoms with Crippen molar-refractivity contribution >= 4 is 0 Å². The molecule has 1 atom stereocenters. The Kier molecular flexibility index (Phi) is 3.51. The molecule has 1 fully saturated rings. The number of nitrogens with zero attached hydrogens (tertiary/aromatic N) is 1. The molecule has 0 spiro atoms. The lowest BCUT2D eigenvalue weighted by atomic mass is 10.4. The summed E-state index contributed by atoms with van der Waals surface area (Å²) in [6.45, 7) is 6.82. The van der Waals surface area contributed by atoms with Crippen molar-refractivity contribution in [1.82, 2.24) is 4.90 Å². The molecule has 0 aromatic heterocycles. The monoisotopic (exact) mass is 158 g/mol. The third kappa shape index (κ3) is 2.27. The molecular weight excluding hydrogens is 144 g/mol. The van der Waals surface area contributed by atoms with E-state index in [-0.39, 0.29) is 6.23 Å². The molecule has 4 heteroatoms. The molecule has 1 saturated heterocycles. The number of hydrogen-bond acceptors (Lipinski definition) is 4. The van der Waals surface area contributed by atoms with E-state index in [0.29, 0.717) is 0 Å². The lowest BCUT2D eigenvalue weighted by molar-refractivity contribution is -0.0733. The molecule has 1 rings (SSSR count). The fraction of sp³-hybridized carbons (Fsp3) is 0.714. The summed E-state index contributed by atoms with van der Waals surface area (Å²) in [6.07, 6.45) is 1.52. The van der Waals surface area contributed by atoms with Gasteiger partial charge in [-0.3, -0.25) is 9.74 Å². The van der Waals surface area contributed by atoms with E-state index in [1.165, 1.54) is 0 Å². The standard InChI is InChI=1S/C7H14N2O2/c1-2-7(11-8)9-3-5-10-6-4-9/h2,7H,1,3-6,8H2. The van der Waals surface area contributed by atoms with E-state index in [2.05, 4.69) is 11.5 Å². The van der Waals surface area contributed by atoms with E-state index in [0.717, 1.165) is 26.3 Å². The first-order valence-corrected chi connectivity index (χ1v) is 3.68. The molecule has 0 aromatic carbocycles. The summed E-state index contributed by atoms with van der Waals surface area (Å²) in [4.78, 5) is 6.77. The van der Waals surface area contributed by atoms with Gasteiger partial charge in [-0.15, -0.1) is 0 Å². The van der Waals surface area contributed by atoms with Crippen LogP contribution in [0.5, 0.6) is 0 Å². The minimum absolute atomic E-state index is 0.168. The smallest absolute Gasteiger partial charge is 0.150 e. The first kappa shape index (κ1) is 8.67. The van der Waals surface area contributed by atoms with Crippen LogP contribution in [0.4, 0.5) is 0 Å². The van der Waals surface area contributed by atoms with Crippen molar-refractivity contribution in [2.75, 3.05) is 26.3 Å². The highest BCUT2D eigenvalue weighted by Crippen LogP contribution is 2.03. The molecule has 0 aromatic rings. The van der Waals surface area contributed by atoms with Crippen LogP contribution in [0.3, 0.4) is 0 Å². The van der Waals surface area contributed by atoms with Crippen LogP contribution in [0.2, 0.25) is 0 Å². The highest BCUT2D eigenvalue weighted by atomic mass is 16.6. The van der Waals surface area contributed by atoms with E-state index in [1.54, 1.807) is 6.08 Å². The van der Waals surface area contributed by atoms with Crippen LogP contribution < -0.4 is 5.90 Å². The molecule has 0 saturated carbocycles. The Balaban J connectivity index is 2.35. The molecule has 2 N–H and O–H groups in total. The van der Waals surface area contributed by atoms with E-state index in [4.69, 9.17) is 15.5 Å². The zero-order valence-corrected chi connectivity index (χ0v) is 6.53. The minimum atomic E-state index is -0.168. The average molecular weight is 158 g/mol. The first-order valence-electron chi connectivity index (χ1n) is 3.68. The van der Waals surface area contributed by atoms with Crippen molar-refractivity contribution in [3.05, 3.63) is 12.7 Å². The van der Waals surface area contributed by atoms with Gasteiger partial charge in [0.25, 0.3) is 0 Å².